The summed E-state index contributed by atoms with van der Waals surface area (Å²) in [7, 11) is -3.08. The van der Waals surface area contributed by atoms with Crippen molar-refractivity contribution in [1.29, 1.82) is 0 Å². The summed E-state index contributed by atoms with van der Waals surface area (Å²) in [6.45, 7) is 0.729. The van der Waals surface area contributed by atoms with Crippen molar-refractivity contribution >= 4 is 27.3 Å². The van der Waals surface area contributed by atoms with Crippen molar-refractivity contribution in [3.05, 3.63) is 60.2 Å². The maximum Gasteiger partial charge on any atom is 0.229 e. The van der Waals surface area contributed by atoms with Crippen molar-refractivity contribution in [2.75, 3.05) is 23.4 Å². The lowest BCUT2D eigenvalue weighted by atomic mass is 10.1. The molecule has 0 spiro atoms. The minimum Gasteiger partial charge on any atom is -0.489 e. The topological polar surface area (TPSA) is 92.8 Å². The molecule has 0 saturated carbocycles. The Morgan fingerprint density at radius 1 is 1.10 bits per heavy atom. The van der Waals surface area contributed by atoms with Gasteiger partial charge in [-0.3, -0.25) is 9.59 Å². The quantitative estimate of drug-likeness (QED) is 0.762. The van der Waals surface area contributed by atoms with E-state index in [-0.39, 0.29) is 42.3 Å². The van der Waals surface area contributed by atoms with E-state index in [0.29, 0.717) is 24.5 Å². The minimum absolute atomic E-state index is 0.00246. The predicted molar refractivity (Wildman–Crippen MR) is 113 cm³/mol. The number of carbonyl (C=O) groups excluding carboxylic acids is 2. The lowest BCUT2D eigenvalue weighted by Gasteiger charge is -2.22. The van der Waals surface area contributed by atoms with Crippen LogP contribution >= 0.6 is 0 Å². The van der Waals surface area contributed by atoms with Crippen molar-refractivity contribution < 1.29 is 22.7 Å². The molecule has 2 saturated heterocycles. The average Bonchev–Trinajstić information content (AvgIpc) is 3.30. The van der Waals surface area contributed by atoms with E-state index in [4.69, 9.17) is 4.74 Å². The fourth-order valence-electron chi connectivity index (χ4n) is 3.90. The first-order chi connectivity index (χ1) is 14.4. The Morgan fingerprint density at radius 3 is 2.50 bits per heavy atom. The molecular formula is C22H24N2O5S. The fraction of sp³-hybridized carbons (Fsp3) is 0.364. The van der Waals surface area contributed by atoms with Gasteiger partial charge >= 0.3 is 0 Å². The second-order valence-corrected chi connectivity index (χ2v) is 10.0. The van der Waals surface area contributed by atoms with Gasteiger partial charge in [-0.05, 0) is 36.2 Å². The third kappa shape index (κ3) is 4.81. The van der Waals surface area contributed by atoms with Crippen LogP contribution in [-0.4, -0.2) is 49.2 Å². The van der Waals surface area contributed by atoms with Gasteiger partial charge in [0.25, 0.3) is 0 Å². The van der Waals surface area contributed by atoms with Gasteiger partial charge in [0, 0.05) is 24.7 Å². The molecule has 158 valence electrons. The van der Waals surface area contributed by atoms with E-state index in [2.05, 4.69) is 5.32 Å². The summed E-state index contributed by atoms with van der Waals surface area (Å²) in [6.07, 6.45) is 0.563. The third-order valence-electron chi connectivity index (χ3n) is 5.55. The number of hydrogen-bond donors (Lipinski definition) is 1. The number of amides is 2. The lowest BCUT2D eigenvalue weighted by molar-refractivity contribution is -0.129. The summed E-state index contributed by atoms with van der Waals surface area (Å²) in [6, 6.07) is 16.6. The number of ether oxygens (including phenoxy) is 1. The zero-order chi connectivity index (χ0) is 21.1. The molecule has 2 atom stereocenters. The molecule has 2 aliphatic rings. The SMILES string of the molecule is O=C(Nc1ccc(OCc2ccccc2)cc1)[C@H]1CC(=O)N([C@H]2CCS(=O)(=O)C2)C1. The highest BCUT2D eigenvalue weighted by Crippen LogP contribution is 2.27. The van der Waals surface area contributed by atoms with Crippen molar-refractivity contribution in [2.45, 2.75) is 25.5 Å². The fourth-order valence-corrected chi connectivity index (χ4v) is 5.63. The normalized spacial score (nSPS) is 22.8. The largest absolute Gasteiger partial charge is 0.489 e. The van der Waals surface area contributed by atoms with Gasteiger partial charge in [-0.2, -0.15) is 0 Å². The number of nitrogens with one attached hydrogen (secondary N) is 1. The molecule has 0 aliphatic carbocycles. The van der Waals surface area contributed by atoms with E-state index in [0.717, 1.165) is 5.56 Å². The van der Waals surface area contributed by atoms with Crippen molar-refractivity contribution in [3.8, 4) is 5.75 Å². The molecule has 2 amide bonds. The standard InChI is InChI=1S/C22H24N2O5S/c25-21-12-17(13-24(21)19-10-11-30(27,28)15-19)22(26)23-18-6-8-20(9-7-18)29-14-16-4-2-1-3-5-16/h1-9,17,19H,10-15H2,(H,23,26)/t17-,19-/m0/s1. The van der Waals surface area contributed by atoms with E-state index in [1.165, 1.54) is 0 Å². The number of likely N-dealkylation sites (tertiary alicyclic amines) is 1. The van der Waals surface area contributed by atoms with Gasteiger partial charge in [0.2, 0.25) is 11.8 Å². The predicted octanol–water partition coefficient (Wildman–Crippen LogP) is 2.24. The molecule has 8 heteroatoms. The first kappa shape index (κ1) is 20.4. The van der Waals surface area contributed by atoms with E-state index in [1.807, 2.05) is 30.3 Å². The van der Waals surface area contributed by atoms with Gasteiger partial charge in [-0.1, -0.05) is 30.3 Å². The van der Waals surface area contributed by atoms with Crippen LogP contribution < -0.4 is 10.1 Å². The minimum atomic E-state index is -3.08. The van der Waals surface area contributed by atoms with Gasteiger partial charge in [-0.25, -0.2) is 8.42 Å². The smallest absolute Gasteiger partial charge is 0.229 e. The molecule has 0 aromatic heterocycles. The number of anilines is 1. The Kier molecular flexibility index (Phi) is 5.76. The Morgan fingerprint density at radius 2 is 1.83 bits per heavy atom. The number of sulfone groups is 1. The number of benzene rings is 2. The second kappa shape index (κ2) is 8.47. The van der Waals surface area contributed by atoms with E-state index >= 15 is 0 Å². The maximum atomic E-state index is 12.6. The van der Waals surface area contributed by atoms with Gasteiger partial charge in [0.05, 0.1) is 17.4 Å². The summed E-state index contributed by atoms with van der Waals surface area (Å²) >= 11 is 0. The Hall–Kier alpha value is -2.87. The third-order valence-corrected chi connectivity index (χ3v) is 7.30. The summed E-state index contributed by atoms with van der Waals surface area (Å²) in [4.78, 5) is 26.5. The molecule has 2 heterocycles. The van der Waals surface area contributed by atoms with Crippen molar-refractivity contribution in [2.24, 2.45) is 5.92 Å². The molecule has 0 radical (unpaired) electrons. The van der Waals surface area contributed by atoms with Crippen LogP contribution in [0.25, 0.3) is 0 Å². The summed E-state index contributed by atoms with van der Waals surface area (Å²) in [5.41, 5.74) is 1.70. The van der Waals surface area contributed by atoms with E-state index in [1.54, 1.807) is 29.2 Å². The van der Waals surface area contributed by atoms with Crippen LogP contribution in [0, 0.1) is 5.92 Å². The highest BCUT2D eigenvalue weighted by molar-refractivity contribution is 7.91. The van der Waals surface area contributed by atoms with Crippen LogP contribution in [-0.2, 0) is 26.0 Å². The maximum absolute atomic E-state index is 12.6. The molecule has 2 aliphatic heterocycles. The first-order valence-electron chi connectivity index (χ1n) is 9.97. The monoisotopic (exact) mass is 428 g/mol. The van der Waals surface area contributed by atoms with Crippen LogP contribution in [0.2, 0.25) is 0 Å². The van der Waals surface area contributed by atoms with Gasteiger partial charge < -0.3 is 15.0 Å². The van der Waals surface area contributed by atoms with Crippen molar-refractivity contribution in [1.82, 2.24) is 4.90 Å². The lowest BCUT2D eigenvalue weighted by Crippen LogP contribution is -2.38. The molecule has 2 aromatic rings. The van der Waals surface area contributed by atoms with Crippen LogP contribution in [0.5, 0.6) is 5.75 Å². The van der Waals surface area contributed by atoms with Crippen LogP contribution in [0.15, 0.2) is 54.6 Å². The molecule has 4 rings (SSSR count). The first-order valence-corrected chi connectivity index (χ1v) is 11.8. The second-order valence-electron chi connectivity index (χ2n) is 7.79. The Bertz CT molecular complexity index is 1020. The molecular weight excluding hydrogens is 404 g/mol. The van der Waals surface area contributed by atoms with Crippen LogP contribution in [0.1, 0.15) is 18.4 Å². The Balaban J connectivity index is 1.30. The highest BCUT2D eigenvalue weighted by Gasteiger charge is 2.41. The van der Waals surface area contributed by atoms with Crippen LogP contribution in [0.3, 0.4) is 0 Å². The van der Waals surface area contributed by atoms with Crippen molar-refractivity contribution in [3.63, 3.8) is 0 Å². The molecule has 2 fully saturated rings. The summed E-state index contributed by atoms with van der Waals surface area (Å²) in [5.74, 6) is -0.0583. The molecule has 7 nitrogen and oxygen atoms in total. The highest BCUT2D eigenvalue weighted by atomic mass is 32.2. The number of carbonyl (C=O) groups is 2. The Labute approximate surface area is 175 Å². The van der Waals surface area contributed by atoms with Gasteiger partial charge in [-0.15, -0.1) is 0 Å². The number of nitrogens with zero attached hydrogens (tertiary/aromatic N) is 1. The number of rotatable bonds is 6. The van der Waals surface area contributed by atoms with Crippen LogP contribution in [0.4, 0.5) is 5.69 Å². The van der Waals surface area contributed by atoms with Gasteiger partial charge in [0.1, 0.15) is 12.4 Å². The summed E-state index contributed by atoms with van der Waals surface area (Å²) < 4.78 is 29.1. The molecule has 30 heavy (non-hydrogen) atoms. The molecule has 2 aromatic carbocycles. The molecule has 0 unspecified atom stereocenters. The van der Waals surface area contributed by atoms with E-state index in [9.17, 15) is 18.0 Å². The van der Waals surface area contributed by atoms with Gasteiger partial charge in [0.15, 0.2) is 9.84 Å². The average molecular weight is 429 g/mol. The zero-order valence-corrected chi connectivity index (χ0v) is 17.3. The number of hydrogen-bond acceptors (Lipinski definition) is 5. The summed E-state index contributed by atoms with van der Waals surface area (Å²) in [5, 5.41) is 2.84. The zero-order valence-electron chi connectivity index (χ0n) is 16.5. The molecule has 1 N–H and O–H groups in total. The molecule has 0 bridgehead atoms. The van der Waals surface area contributed by atoms with E-state index < -0.39 is 15.8 Å².